The molecule has 0 spiro atoms. The van der Waals surface area contributed by atoms with Crippen LogP contribution in [0.1, 0.15) is 21.5 Å². The van der Waals surface area contributed by atoms with Gasteiger partial charge in [-0.25, -0.2) is 0 Å². The molecule has 0 bridgehead atoms. The molecule has 2 aromatic carbocycles. The molecule has 0 fully saturated rings. The Labute approximate surface area is 122 Å². The van der Waals surface area contributed by atoms with Crippen molar-refractivity contribution >= 4 is 27.5 Å². The number of benzene rings is 2. The summed E-state index contributed by atoms with van der Waals surface area (Å²) in [6.07, 6.45) is 0. The van der Waals surface area contributed by atoms with Gasteiger partial charge in [-0.2, -0.15) is 0 Å². The third kappa shape index (κ3) is 3.04. The van der Waals surface area contributed by atoms with Crippen LogP contribution in [0.2, 0.25) is 0 Å². The number of carbonyl (C=O) groups excluding carboxylic acids is 1. The molecule has 3 heteroatoms. The van der Waals surface area contributed by atoms with Crippen LogP contribution in [0.4, 0.5) is 5.69 Å². The molecule has 0 N–H and O–H groups in total. The number of halogens is 1. The lowest BCUT2D eigenvalue weighted by molar-refractivity contribution is 0.0992. The van der Waals surface area contributed by atoms with Gasteiger partial charge in [0, 0.05) is 17.2 Å². The maximum atomic E-state index is 12.5. The molecule has 2 nitrogen and oxygen atoms in total. The molecule has 0 aromatic heterocycles. The van der Waals surface area contributed by atoms with Gasteiger partial charge in [0.05, 0.1) is 5.56 Å². The molecule has 2 rings (SSSR count). The largest absolute Gasteiger partial charge is 0.311 e. The van der Waals surface area contributed by atoms with Crippen LogP contribution in [0.15, 0.2) is 46.9 Å². The van der Waals surface area contributed by atoms with Gasteiger partial charge in [0.15, 0.2) is 0 Å². The Kier molecular flexibility index (Phi) is 4.05. The number of rotatable bonds is 2. The highest BCUT2D eigenvalue weighted by molar-refractivity contribution is 9.10. The third-order valence-electron chi connectivity index (χ3n) is 3.08. The van der Waals surface area contributed by atoms with E-state index in [1.165, 1.54) is 5.56 Å². The Morgan fingerprint density at radius 3 is 2.21 bits per heavy atom. The van der Waals surface area contributed by atoms with Crippen molar-refractivity contribution in [2.45, 2.75) is 13.8 Å². The molecule has 0 radical (unpaired) electrons. The first kappa shape index (κ1) is 13.8. The Balaban J connectivity index is 2.33. The first-order valence-electron chi connectivity index (χ1n) is 6.10. The van der Waals surface area contributed by atoms with Gasteiger partial charge in [-0.05, 0) is 54.0 Å². The summed E-state index contributed by atoms with van der Waals surface area (Å²) < 4.78 is 0.821. The predicted molar refractivity (Wildman–Crippen MR) is 82.8 cm³/mol. The van der Waals surface area contributed by atoms with E-state index in [9.17, 15) is 4.79 Å². The van der Waals surface area contributed by atoms with E-state index in [1.807, 2.05) is 56.3 Å². The fourth-order valence-corrected chi connectivity index (χ4v) is 2.29. The molecule has 0 aliphatic carbocycles. The summed E-state index contributed by atoms with van der Waals surface area (Å²) in [5.74, 6) is -0.0144. The van der Waals surface area contributed by atoms with E-state index >= 15 is 0 Å². The summed E-state index contributed by atoms with van der Waals surface area (Å²) in [5, 5.41) is 0. The zero-order chi connectivity index (χ0) is 14.0. The summed E-state index contributed by atoms with van der Waals surface area (Å²) >= 11 is 3.44. The van der Waals surface area contributed by atoms with Gasteiger partial charge in [0.2, 0.25) is 0 Å². The lowest BCUT2D eigenvalue weighted by atomic mass is 10.1. The standard InChI is InChI=1S/C16H16BrNO/c1-11-4-7-13(8-5-11)18(3)16(19)14-10-12(2)6-9-15(14)17/h4-10H,1-3H3. The van der Waals surface area contributed by atoms with Gasteiger partial charge in [-0.15, -0.1) is 0 Å². The maximum Gasteiger partial charge on any atom is 0.259 e. The fraction of sp³-hybridized carbons (Fsp3) is 0.188. The SMILES string of the molecule is Cc1ccc(N(C)C(=O)c2cc(C)ccc2Br)cc1. The van der Waals surface area contributed by atoms with E-state index in [-0.39, 0.29) is 5.91 Å². The lowest BCUT2D eigenvalue weighted by Gasteiger charge is -2.18. The number of amides is 1. The number of anilines is 1. The van der Waals surface area contributed by atoms with E-state index in [0.717, 1.165) is 15.7 Å². The summed E-state index contributed by atoms with van der Waals surface area (Å²) in [7, 11) is 1.79. The Morgan fingerprint density at radius 1 is 1.00 bits per heavy atom. The molecule has 0 saturated heterocycles. The minimum absolute atomic E-state index is 0.0144. The van der Waals surface area contributed by atoms with Crippen molar-refractivity contribution in [3.63, 3.8) is 0 Å². The fourth-order valence-electron chi connectivity index (χ4n) is 1.87. The Hall–Kier alpha value is -1.61. The zero-order valence-electron chi connectivity index (χ0n) is 11.3. The normalized spacial score (nSPS) is 10.3. The van der Waals surface area contributed by atoms with E-state index in [0.29, 0.717) is 5.56 Å². The second-order valence-electron chi connectivity index (χ2n) is 4.68. The Bertz CT molecular complexity index is 605. The molecule has 0 atom stereocenters. The molecular weight excluding hydrogens is 302 g/mol. The van der Waals surface area contributed by atoms with Gasteiger partial charge < -0.3 is 4.90 Å². The third-order valence-corrected chi connectivity index (χ3v) is 3.77. The quantitative estimate of drug-likeness (QED) is 0.806. The maximum absolute atomic E-state index is 12.5. The van der Waals surface area contributed by atoms with Gasteiger partial charge in [-0.3, -0.25) is 4.79 Å². The molecule has 1 amide bonds. The van der Waals surface area contributed by atoms with Crippen LogP contribution in [0, 0.1) is 13.8 Å². The van der Waals surface area contributed by atoms with Crippen molar-refractivity contribution < 1.29 is 4.79 Å². The molecule has 0 aliphatic rings. The first-order chi connectivity index (χ1) is 8.99. The predicted octanol–water partition coefficient (Wildman–Crippen LogP) is 4.34. The summed E-state index contributed by atoms with van der Waals surface area (Å²) in [6.45, 7) is 4.01. The van der Waals surface area contributed by atoms with Crippen molar-refractivity contribution in [1.82, 2.24) is 0 Å². The van der Waals surface area contributed by atoms with Crippen molar-refractivity contribution in [2.24, 2.45) is 0 Å². The van der Waals surface area contributed by atoms with Crippen molar-refractivity contribution in [3.05, 3.63) is 63.6 Å². The summed E-state index contributed by atoms with van der Waals surface area (Å²) in [4.78, 5) is 14.2. The average Bonchev–Trinajstić information content (AvgIpc) is 2.41. The first-order valence-corrected chi connectivity index (χ1v) is 6.89. The van der Waals surface area contributed by atoms with Crippen LogP contribution in [0.5, 0.6) is 0 Å². The van der Waals surface area contributed by atoms with Crippen LogP contribution in [0.3, 0.4) is 0 Å². The molecule has 0 saturated carbocycles. The smallest absolute Gasteiger partial charge is 0.259 e. The lowest BCUT2D eigenvalue weighted by Crippen LogP contribution is -2.26. The highest BCUT2D eigenvalue weighted by atomic mass is 79.9. The number of nitrogens with zero attached hydrogens (tertiary/aromatic N) is 1. The molecule has 0 heterocycles. The molecule has 0 unspecified atom stereocenters. The summed E-state index contributed by atoms with van der Waals surface area (Å²) in [5.41, 5.74) is 3.83. The second-order valence-corrected chi connectivity index (χ2v) is 5.54. The van der Waals surface area contributed by atoms with Crippen LogP contribution in [0.25, 0.3) is 0 Å². The van der Waals surface area contributed by atoms with E-state index in [2.05, 4.69) is 15.9 Å². The average molecular weight is 318 g/mol. The van der Waals surface area contributed by atoms with Crippen molar-refractivity contribution in [3.8, 4) is 0 Å². The zero-order valence-corrected chi connectivity index (χ0v) is 12.9. The van der Waals surface area contributed by atoms with Gasteiger partial charge in [-0.1, -0.05) is 29.3 Å². The molecule has 2 aromatic rings. The van der Waals surface area contributed by atoms with Gasteiger partial charge >= 0.3 is 0 Å². The number of aryl methyl sites for hydroxylation is 2. The van der Waals surface area contributed by atoms with E-state index in [4.69, 9.17) is 0 Å². The number of hydrogen-bond acceptors (Lipinski definition) is 1. The van der Waals surface area contributed by atoms with E-state index < -0.39 is 0 Å². The van der Waals surface area contributed by atoms with Crippen LogP contribution in [-0.2, 0) is 0 Å². The van der Waals surface area contributed by atoms with E-state index in [1.54, 1.807) is 11.9 Å². The molecule has 0 aliphatic heterocycles. The number of carbonyl (C=O) groups is 1. The Morgan fingerprint density at radius 2 is 1.58 bits per heavy atom. The second kappa shape index (κ2) is 5.57. The molecule has 19 heavy (non-hydrogen) atoms. The minimum Gasteiger partial charge on any atom is -0.311 e. The van der Waals surface area contributed by atoms with Crippen LogP contribution in [-0.4, -0.2) is 13.0 Å². The topological polar surface area (TPSA) is 20.3 Å². The molecule has 98 valence electrons. The summed E-state index contributed by atoms with van der Waals surface area (Å²) in [6, 6.07) is 13.7. The monoisotopic (exact) mass is 317 g/mol. The minimum atomic E-state index is -0.0144. The number of hydrogen-bond donors (Lipinski definition) is 0. The van der Waals surface area contributed by atoms with Crippen LogP contribution >= 0.6 is 15.9 Å². The highest BCUT2D eigenvalue weighted by Crippen LogP contribution is 2.22. The van der Waals surface area contributed by atoms with Gasteiger partial charge in [0.1, 0.15) is 0 Å². The van der Waals surface area contributed by atoms with Gasteiger partial charge in [0.25, 0.3) is 5.91 Å². The van der Waals surface area contributed by atoms with Crippen LogP contribution < -0.4 is 4.90 Å². The highest BCUT2D eigenvalue weighted by Gasteiger charge is 2.16. The van der Waals surface area contributed by atoms with Crippen molar-refractivity contribution in [2.75, 3.05) is 11.9 Å². The van der Waals surface area contributed by atoms with Crippen molar-refractivity contribution in [1.29, 1.82) is 0 Å². The molecular formula is C16H16BrNO.